The molecule has 2 rings (SSSR count). The van der Waals surface area contributed by atoms with E-state index in [0.29, 0.717) is 0 Å². The zero-order valence-corrected chi connectivity index (χ0v) is 9.14. The lowest BCUT2D eigenvalue weighted by molar-refractivity contribution is 0.403. The summed E-state index contributed by atoms with van der Waals surface area (Å²) in [5.74, 6) is 0. The standard InChI is InChI=1S/C11H16N4/c1-3-8-12-9(2)15-11-7-5-4-6-10(11)13-14-15/h4-7,9,12H,3,8H2,1-2H3. The normalized spacial score (nSPS) is 13.2. The molecule has 0 radical (unpaired) electrons. The Hall–Kier alpha value is -1.42. The number of hydrogen-bond acceptors (Lipinski definition) is 3. The summed E-state index contributed by atoms with van der Waals surface area (Å²) < 4.78 is 1.92. The first-order chi connectivity index (χ1) is 7.33. The highest BCUT2D eigenvalue weighted by molar-refractivity contribution is 5.73. The minimum Gasteiger partial charge on any atom is -0.296 e. The zero-order chi connectivity index (χ0) is 10.7. The van der Waals surface area contributed by atoms with E-state index < -0.39 is 0 Å². The average molecular weight is 204 g/mol. The summed E-state index contributed by atoms with van der Waals surface area (Å²) in [4.78, 5) is 0. The molecule has 0 saturated carbocycles. The van der Waals surface area contributed by atoms with Crippen molar-refractivity contribution in [2.45, 2.75) is 26.4 Å². The first-order valence-electron chi connectivity index (χ1n) is 5.36. The fourth-order valence-corrected chi connectivity index (χ4v) is 1.61. The molecule has 1 heterocycles. The lowest BCUT2D eigenvalue weighted by Gasteiger charge is -2.13. The fourth-order valence-electron chi connectivity index (χ4n) is 1.61. The number of hydrogen-bond donors (Lipinski definition) is 1. The van der Waals surface area contributed by atoms with Gasteiger partial charge in [-0.25, -0.2) is 4.68 Å². The van der Waals surface area contributed by atoms with E-state index in [9.17, 15) is 0 Å². The lowest BCUT2D eigenvalue weighted by Crippen LogP contribution is -2.25. The predicted molar refractivity (Wildman–Crippen MR) is 60.5 cm³/mol. The first kappa shape index (κ1) is 10.1. The van der Waals surface area contributed by atoms with Crippen molar-refractivity contribution in [3.8, 4) is 0 Å². The number of fused-ring (bicyclic) bond motifs is 1. The van der Waals surface area contributed by atoms with Gasteiger partial charge in [-0.1, -0.05) is 24.3 Å². The molecule has 0 aliphatic carbocycles. The Kier molecular flexibility index (Phi) is 2.97. The third-order valence-electron chi connectivity index (χ3n) is 2.43. The van der Waals surface area contributed by atoms with Crippen LogP contribution < -0.4 is 5.32 Å². The third kappa shape index (κ3) is 1.99. The Morgan fingerprint density at radius 1 is 1.40 bits per heavy atom. The Bertz CT molecular complexity index is 435. The van der Waals surface area contributed by atoms with Crippen molar-refractivity contribution in [1.29, 1.82) is 0 Å². The van der Waals surface area contributed by atoms with Crippen LogP contribution >= 0.6 is 0 Å². The van der Waals surface area contributed by atoms with Gasteiger partial charge in [0.05, 0.1) is 5.52 Å². The Morgan fingerprint density at radius 2 is 2.20 bits per heavy atom. The van der Waals surface area contributed by atoms with Crippen LogP contribution in [0.15, 0.2) is 24.3 Å². The fraction of sp³-hybridized carbons (Fsp3) is 0.455. The zero-order valence-electron chi connectivity index (χ0n) is 9.14. The van der Waals surface area contributed by atoms with Crippen molar-refractivity contribution < 1.29 is 0 Å². The van der Waals surface area contributed by atoms with Crippen LogP contribution in [0, 0.1) is 0 Å². The molecule has 0 spiro atoms. The molecule has 1 aromatic heterocycles. The van der Waals surface area contributed by atoms with Crippen molar-refractivity contribution in [2.24, 2.45) is 0 Å². The SMILES string of the molecule is CCCNC(C)n1nnc2ccccc21. The van der Waals surface area contributed by atoms with E-state index in [1.807, 2.05) is 28.9 Å². The van der Waals surface area contributed by atoms with Crippen LogP contribution in [0.2, 0.25) is 0 Å². The average Bonchev–Trinajstić information content (AvgIpc) is 2.69. The number of nitrogens with zero attached hydrogens (tertiary/aromatic N) is 3. The molecule has 0 amide bonds. The number of nitrogens with one attached hydrogen (secondary N) is 1. The Balaban J connectivity index is 2.27. The van der Waals surface area contributed by atoms with E-state index in [-0.39, 0.29) is 6.17 Å². The van der Waals surface area contributed by atoms with E-state index in [1.165, 1.54) is 0 Å². The van der Waals surface area contributed by atoms with Gasteiger partial charge in [0.15, 0.2) is 0 Å². The number of aromatic nitrogens is 3. The van der Waals surface area contributed by atoms with Crippen molar-refractivity contribution in [3.05, 3.63) is 24.3 Å². The molecule has 80 valence electrons. The highest BCUT2D eigenvalue weighted by atomic mass is 15.5. The molecule has 1 unspecified atom stereocenters. The van der Waals surface area contributed by atoms with Crippen LogP contribution in [0.25, 0.3) is 11.0 Å². The van der Waals surface area contributed by atoms with E-state index >= 15 is 0 Å². The van der Waals surface area contributed by atoms with Crippen LogP contribution in [0.3, 0.4) is 0 Å². The summed E-state index contributed by atoms with van der Waals surface area (Å²) in [6.07, 6.45) is 1.31. The van der Waals surface area contributed by atoms with Gasteiger partial charge in [0.25, 0.3) is 0 Å². The van der Waals surface area contributed by atoms with Crippen LogP contribution in [0.4, 0.5) is 0 Å². The van der Waals surface area contributed by atoms with Crippen molar-refractivity contribution >= 4 is 11.0 Å². The largest absolute Gasteiger partial charge is 0.296 e. The molecule has 1 aromatic carbocycles. The van der Waals surface area contributed by atoms with Crippen molar-refractivity contribution in [1.82, 2.24) is 20.3 Å². The molecule has 4 nitrogen and oxygen atoms in total. The topological polar surface area (TPSA) is 42.7 Å². The van der Waals surface area contributed by atoms with Gasteiger partial charge in [0.1, 0.15) is 11.7 Å². The number of benzene rings is 1. The van der Waals surface area contributed by atoms with Crippen LogP contribution in [-0.2, 0) is 0 Å². The second-order valence-corrected chi connectivity index (χ2v) is 3.65. The maximum atomic E-state index is 4.15. The van der Waals surface area contributed by atoms with Gasteiger partial charge in [0.2, 0.25) is 0 Å². The maximum absolute atomic E-state index is 4.15. The van der Waals surface area contributed by atoms with Gasteiger partial charge in [0, 0.05) is 0 Å². The summed E-state index contributed by atoms with van der Waals surface area (Å²) in [6, 6.07) is 8.01. The molecular weight excluding hydrogens is 188 g/mol. The molecule has 0 aliphatic heterocycles. The molecule has 0 fully saturated rings. The quantitative estimate of drug-likeness (QED) is 0.827. The molecule has 1 N–H and O–H groups in total. The van der Waals surface area contributed by atoms with E-state index in [0.717, 1.165) is 24.0 Å². The molecular formula is C11H16N4. The van der Waals surface area contributed by atoms with Gasteiger partial charge >= 0.3 is 0 Å². The van der Waals surface area contributed by atoms with Gasteiger partial charge in [-0.2, -0.15) is 0 Å². The van der Waals surface area contributed by atoms with E-state index in [1.54, 1.807) is 0 Å². The van der Waals surface area contributed by atoms with Gasteiger partial charge < -0.3 is 0 Å². The number of para-hydroxylation sites is 1. The monoisotopic (exact) mass is 204 g/mol. The molecule has 0 bridgehead atoms. The van der Waals surface area contributed by atoms with Crippen LogP contribution in [0.5, 0.6) is 0 Å². The summed E-state index contributed by atoms with van der Waals surface area (Å²) in [5.41, 5.74) is 2.02. The summed E-state index contributed by atoms with van der Waals surface area (Å²) in [7, 11) is 0. The van der Waals surface area contributed by atoms with Crippen LogP contribution in [-0.4, -0.2) is 21.5 Å². The van der Waals surface area contributed by atoms with Gasteiger partial charge in [-0.3, -0.25) is 5.32 Å². The smallest absolute Gasteiger partial charge is 0.113 e. The summed E-state index contributed by atoms with van der Waals surface area (Å²) >= 11 is 0. The Morgan fingerprint density at radius 3 is 3.00 bits per heavy atom. The van der Waals surface area contributed by atoms with Crippen LogP contribution in [0.1, 0.15) is 26.4 Å². The minimum atomic E-state index is 0.192. The third-order valence-corrected chi connectivity index (χ3v) is 2.43. The van der Waals surface area contributed by atoms with E-state index in [2.05, 4.69) is 29.5 Å². The minimum absolute atomic E-state index is 0.192. The summed E-state index contributed by atoms with van der Waals surface area (Å²) in [6.45, 7) is 5.24. The highest BCUT2D eigenvalue weighted by Gasteiger charge is 2.08. The first-order valence-corrected chi connectivity index (χ1v) is 5.36. The lowest BCUT2D eigenvalue weighted by atomic mass is 10.3. The van der Waals surface area contributed by atoms with Crippen molar-refractivity contribution in [2.75, 3.05) is 6.54 Å². The number of rotatable bonds is 4. The molecule has 0 aliphatic rings. The molecule has 4 heteroatoms. The Labute approximate surface area is 89.3 Å². The molecule has 2 aromatic rings. The maximum Gasteiger partial charge on any atom is 0.113 e. The van der Waals surface area contributed by atoms with Crippen molar-refractivity contribution in [3.63, 3.8) is 0 Å². The predicted octanol–water partition coefficient (Wildman–Crippen LogP) is 1.95. The summed E-state index contributed by atoms with van der Waals surface area (Å²) in [5, 5.41) is 11.7. The molecule has 1 atom stereocenters. The molecule has 0 saturated heterocycles. The van der Waals surface area contributed by atoms with E-state index in [4.69, 9.17) is 0 Å². The second-order valence-electron chi connectivity index (χ2n) is 3.65. The van der Waals surface area contributed by atoms with Gasteiger partial charge in [-0.05, 0) is 32.0 Å². The highest BCUT2D eigenvalue weighted by Crippen LogP contribution is 2.13. The van der Waals surface area contributed by atoms with Gasteiger partial charge in [-0.15, -0.1) is 5.10 Å². The second kappa shape index (κ2) is 4.40. The molecule has 15 heavy (non-hydrogen) atoms.